The average molecular weight is 171 g/mol. The maximum absolute atomic E-state index is 10.0. The monoisotopic (exact) mass is 171 g/mol. The van der Waals surface area contributed by atoms with E-state index in [2.05, 4.69) is 10.1 Å². The molecule has 8 heteroatoms. The molecule has 1 N–H and O–H groups in total. The maximum atomic E-state index is 10.0. The van der Waals surface area contributed by atoms with E-state index in [1.54, 1.807) is 0 Å². The standard InChI is InChI=1S/C2H3N3O3S.Na/c6-9(7,8)2-3-1-4-5-2;/h1H,(H,3,4,5)(H,6,7,8);/q;+1/p-1. The Balaban J connectivity index is 0.000000810. The minimum Gasteiger partial charge on any atom is -0.742 e. The third-order valence-electron chi connectivity index (χ3n) is 0.630. The van der Waals surface area contributed by atoms with E-state index < -0.39 is 15.3 Å². The van der Waals surface area contributed by atoms with Gasteiger partial charge in [-0.3, -0.25) is 5.10 Å². The molecule has 0 unspecified atom stereocenters. The van der Waals surface area contributed by atoms with Crippen LogP contribution >= 0.6 is 0 Å². The minimum absolute atomic E-state index is 0. The molecule has 1 aromatic rings. The van der Waals surface area contributed by atoms with Gasteiger partial charge in [0.1, 0.15) is 6.33 Å². The van der Waals surface area contributed by atoms with Gasteiger partial charge in [-0.1, -0.05) is 0 Å². The van der Waals surface area contributed by atoms with Crippen LogP contribution in [0, 0.1) is 0 Å². The minimum atomic E-state index is -4.44. The summed E-state index contributed by atoms with van der Waals surface area (Å²) in [6, 6.07) is 0. The summed E-state index contributed by atoms with van der Waals surface area (Å²) in [7, 11) is -4.44. The van der Waals surface area contributed by atoms with Crippen LogP contribution in [0.3, 0.4) is 0 Å². The Labute approximate surface area is 79.1 Å². The van der Waals surface area contributed by atoms with Crippen LogP contribution in [0.25, 0.3) is 0 Å². The van der Waals surface area contributed by atoms with Crippen molar-refractivity contribution in [1.29, 1.82) is 0 Å². The molecule has 1 rings (SSSR count). The number of aromatic nitrogens is 3. The molecule has 0 bridgehead atoms. The van der Waals surface area contributed by atoms with Gasteiger partial charge < -0.3 is 4.55 Å². The van der Waals surface area contributed by atoms with Gasteiger partial charge in [-0.2, -0.15) is 5.10 Å². The van der Waals surface area contributed by atoms with Gasteiger partial charge in [0, 0.05) is 0 Å². The number of nitrogens with zero attached hydrogens (tertiary/aromatic N) is 2. The van der Waals surface area contributed by atoms with Crippen LogP contribution in [0.4, 0.5) is 0 Å². The van der Waals surface area contributed by atoms with Crippen molar-refractivity contribution in [3.63, 3.8) is 0 Å². The van der Waals surface area contributed by atoms with E-state index in [4.69, 9.17) is 0 Å². The number of hydrogen-bond acceptors (Lipinski definition) is 5. The Morgan fingerprint density at radius 2 is 2.20 bits per heavy atom. The first kappa shape index (κ1) is 10.0. The second-order valence-corrected chi connectivity index (χ2v) is 2.54. The van der Waals surface area contributed by atoms with Crippen molar-refractivity contribution in [2.24, 2.45) is 0 Å². The molecule has 0 aliphatic heterocycles. The molecular formula is C2H2N3NaO3S. The zero-order chi connectivity index (χ0) is 6.91. The van der Waals surface area contributed by atoms with Crippen LogP contribution in [0.5, 0.6) is 0 Å². The van der Waals surface area contributed by atoms with Crippen molar-refractivity contribution >= 4 is 10.1 Å². The molecule has 0 aromatic carbocycles. The molecule has 1 heterocycles. The van der Waals surface area contributed by atoms with Crippen molar-refractivity contribution < 1.29 is 42.5 Å². The molecule has 1 aromatic heterocycles. The van der Waals surface area contributed by atoms with Crippen molar-refractivity contribution in [3.05, 3.63) is 6.33 Å². The van der Waals surface area contributed by atoms with Crippen LogP contribution in [0.15, 0.2) is 11.5 Å². The normalized spacial score (nSPS) is 10.5. The molecule has 0 amide bonds. The number of nitrogens with one attached hydrogen (secondary N) is 1. The van der Waals surface area contributed by atoms with Crippen molar-refractivity contribution in [3.8, 4) is 0 Å². The molecule has 6 nitrogen and oxygen atoms in total. The van der Waals surface area contributed by atoms with Gasteiger partial charge in [-0.15, -0.1) is 0 Å². The van der Waals surface area contributed by atoms with E-state index in [-0.39, 0.29) is 29.6 Å². The summed E-state index contributed by atoms with van der Waals surface area (Å²) in [4.78, 5) is 3.12. The zero-order valence-corrected chi connectivity index (χ0v) is 7.92. The van der Waals surface area contributed by atoms with E-state index in [1.165, 1.54) is 0 Å². The molecule has 50 valence electrons. The van der Waals surface area contributed by atoms with Crippen LogP contribution < -0.4 is 29.6 Å². The topological polar surface area (TPSA) is 98.8 Å². The van der Waals surface area contributed by atoms with Crippen LogP contribution in [-0.2, 0) is 10.1 Å². The Bertz CT molecular complexity index is 279. The number of aromatic amines is 1. The van der Waals surface area contributed by atoms with Crippen LogP contribution in [-0.4, -0.2) is 28.2 Å². The first-order valence-electron chi connectivity index (χ1n) is 1.92. The summed E-state index contributed by atoms with van der Waals surface area (Å²) in [5.41, 5.74) is 0. The fraction of sp³-hybridized carbons (Fsp3) is 0. The van der Waals surface area contributed by atoms with Gasteiger partial charge in [-0.05, 0) is 0 Å². The van der Waals surface area contributed by atoms with Gasteiger partial charge in [0.2, 0.25) is 5.16 Å². The summed E-state index contributed by atoms with van der Waals surface area (Å²) in [6.45, 7) is 0. The fourth-order valence-corrected chi connectivity index (χ4v) is 0.655. The SMILES string of the molecule is O=S(=O)([O-])c1ncn[nH]1.[Na+]. The molecule has 0 spiro atoms. The largest absolute Gasteiger partial charge is 1.00 e. The van der Waals surface area contributed by atoms with Gasteiger partial charge >= 0.3 is 29.6 Å². The Hall–Kier alpha value is 0.0500. The van der Waals surface area contributed by atoms with E-state index in [0.717, 1.165) is 6.33 Å². The van der Waals surface area contributed by atoms with Crippen molar-refractivity contribution in [1.82, 2.24) is 15.2 Å². The average Bonchev–Trinajstić information content (AvgIpc) is 2.08. The summed E-state index contributed by atoms with van der Waals surface area (Å²) in [5.74, 6) is 0. The molecule has 0 aliphatic rings. The van der Waals surface area contributed by atoms with Gasteiger partial charge in [0.15, 0.2) is 10.1 Å². The molecule has 0 saturated carbocycles. The molecule has 0 saturated heterocycles. The Kier molecular flexibility index (Phi) is 3.46. The van der Waals surface area contributed by atoms with Gasteiger partial charge in [0.05, 0.1) is 0 Å². The first-order valence-corrected chi connectivity index (χ1v) is 3.33. The van der Waals surface area contributed by atoms with E-state index >= 15 is 0 Å². The van der Waals surface area contributed by atoms with Crippen molar-refractivity contribution in [2.45, 2.75) is 5.16 Å². The molecule has 0 radical (unpaired) electrons. The number of rotatable bonds is 1. The second-order valence-electron chi connectivity index (χ2n) is 1.24. The molecule has 0 atom stereocenters. The van der Waals surface area contributed by atoms with E-state index in [0.29, 0.717) is 0 Å². The Morgan fingerprint density at radius 3 is 2.40 bits per heavy atom. The summed E-state index contributed by atoms with van der Waals surface area (Å²) in [6.07, 6.45) is 0.949. The van der Waals surface area contributed by atoms with E-state index in [1.807, 2.05) is 5.10 Å². The predicted octanol–water partition coefficient (Wildman–Crippen LogP) is -4.29. The van der Waals surface area contributed by atoms with Gasteiger partial charge in [-0.25, -0.2) is 13.4 Å². The fourth-order valence-electron chi connectivity index (χ4n) is 0.315. The molecule has 0 aliphatic carbocycles. The zero-order valence-electron chi connectivity index (χ0n) is 5.10. The Morgan fingerprint density at radius 1 is 1.60 bits per heavy atom. The number of H-pyrrole nitrogens is 1. The first-order chi connectivity index (χ1) is 4.11. The third-order valence-corrected chi connectivity index (χ3v) is 1.30. The summed E-state index contributed by atoms with van der Waals surface area (Å²) >= 11 is 0. The summed E-state index contributed by atoms with van der Waals surface area (Å²) < 4.78 is 30.0. The summed E-state index contributed by atoms with van der Waals surface area (Å²) in [5, 5.41) is 4.44. The molecule has 0 fully saturated rings. The quantitative estimate of drug-likeness (QED) is 0.340. The van der Waals surface area contributed by atoms with Crippen LogP contribution in [0.1, 0.15) is 0 Å². The van der Waals surface area contributed by atoms with Gasteiger partial charge in [0.25, 0.3) is 0 Å². The molecule has 10 heavy (non-hydrogen) atoms. The van der Waals surface area contributed by atoms with Crippen molar-refractivity contribution in [2.75, 3.05) is 0 Å². The second kappa shape index (κ2) is 3.44. The maximum Gasteiger partial charge on any atom is 1.00 e. The smallest absolute Gasteiger partial charge is 0.742 e. The number of hydrogen-bond donors (Lipinski definition) is 1. The third kappa shape index (κ3) is 2.35. The van der Waals surface area contributed by atoms with E-state index in [9.17, 15) is 13.0 Å². The van der Waals surface area contributed by atoms with Crippen LogP contribution in [0.2, 0.25) is 0 Å². The predicted molar refractivity (Wildman–Crippen MR) is 24.3 cm³/mol. The molecular weight excluding hydrogens is 169 g/mol.